The summed E-state index contributed by atoms with van der Waals surface area (Å²) < 4.78 is 14.7. The van der Waals surface area contributed by atoms with E-state index in [9.17, 15) is 14.8 Å². The van der Waals surface area contributed by atoms with Crippen LogP contribution >= 0.6 is 0 Å². The highest BCUT2D eigenvalue weighted by Gasteiger charge is 2.23. The fraction of sp³-hybridized carbons (Fsp3) is 0.250. The lowest BCUT2D eigenvalue weighted by Gasteiger charge is -2.27. The molecule has 0 unspecified atom stereocenters. The predicted octanol–water partition coefficient (Wildman–Crippen LogP) is 4.70. The normalized spacial score (nSPS) is 14.0. The minimum Gasteiger partial charge on any atom is -0.508 e. The number of phenols is 1. The fourth-order valence-corrected chi connectivity index (χ4v) is 4.33. The number of halogens is 1. The fourth-order valence-electron chi connectivity index (χ4n) is 4.33. The van der Waals surface area contributed by atoms with Gasteiger partial charge in [-0.2, -0.15) is 10.4 Å². The van der Waals surface area contributed by atoms with Crippen molar-refractivity contribution in [2.75, 3.05) is 18.0 Å². The van der Waals surface area contributed by atoms with Gasteiger partial charge in [0.1, 0.15) is 23.5 Å². The second kappa shape index (κ2) is 7.93. The number of nitriles is 1. The lowest BCUT2D eigenvalue weighted by Crippen LogP contribution is -2.29. The van der Waals surface area contributed by atoms with Gasteiger partial charge < -0.3 is 10.0 Å². The van der Waals surface area contributed by atoms with E-state index in [1.807, 2.05) is 19.1 Å². The molecule has 0 aliphatic carbocycles. The number of anilines is 1. The minimum absolute atomic E-state index is 0.126. The molecule has 3 aromatic heterocycles. The monoisotopic (exact) mass is 428 g/mol. The van der Waals surface area contributed by atoms with Crippen molar-refractivity contribution in [2.24, 2.45) is 0 Å². The summed E-state index contributed by atoms with van der Waals surface area (Å²) in [7, 11) is 0. The van der Waals surface area contributed by atoms with Crippen LogP contribution in [0.2, 0.25) is 0 Å². The molecule has 5 rings (SSSR count). The highest BCUT2D eigenvalue weighted by atomic mass is 19.1. The molecule has 160 valence electrons. The minimum atomic E-state index is -0.662. The number of fused-ring (bicyclic) bond motifs is 1. The number of aryl methyl sites for hydroxylation is 1. The van der Waals surface area contributed by atoms with Crippen LogP contribution in [0.15, 0.2) is 36.5 Å². The molecule has 1 aliphatic rings. The molecule has 0 spiro atoms. The number of phenolic OH excluding ortho intramolecular Hbond substituents is 1. The second-order valence-electron chi connectivity index (χ2n) is 7.99. The molecule has 0 bridgehead atoms. The highest BCUT2D eigenvalue weighted by molar-refractivity contribution is 6.00. The maximum atomic E-state index is 14.7. The first-order valence-corrected chi connectivity index (χ1v) is 10.6. The average molecular weight is 428 g/mol. The van der Waals surface area contributed by atoms with E-state index in [0.29, 0.717) is 16.6 Å². The number of pyridine rings is 2. The van der Waals surface area contributed by atoms with Gasteiger partial charge in [0, 0.05) is 47.7 Å². The maximum Gasteiger partial charge on any atom is 0.182 e. The number of rotatable bonds is 3. The Labute approximate surface area is 184 Å². The zero-order valence-corrected chi connectivity index (χ0v) is 17.6. The molecule has 0 radical (unpaired) electrons. The highest BCUT2D eigenvalue weighted by Crippen LogP contribution is 2.38. The third-order valence-electron chi connectivity index (χ3n) is 5.92. The van der Waals surface area contributed by atoms with Gasteiger partial charge in [0.15, 0.2) is 5.65 Å². The van der Waals surface area contributed by atoms with Crippen LogP contribution in [0.25, 0.3) is 33.4 Å². The molecule has 0 atom stereocenters. The Bertz CT molecular complexity index is 1350. The molecule has 0 amide bonds. The van der Waals surface area contributed by atoms with Crippen molar-refractivity contribution in [2.45, 2.75) is 26.2 Å². The van der Waals surface area contributed by atoms with E-state index in [1.165, 1.54) is 18.6 Å². The SMILES string of the molecule is Cc1[nH]nc2nc(-c3ccc(O)cc3F)c(C#N)c(-c3ccc(N4CCCCC4)nc3)c12. The number of hydrogen-bond acceptors (Lipinski definition) is 6. The molecule has 4 aromatic rings. The van der Waals surface area contributed by atoms with Crippen molar-refractivity contribution >= 4 is 16.9 Å². The summed E-state index contributed by atoms with van der Waals surface area (Å²) in [5.41, 5.74) is 3.04. The number of nitrogens with one attached hydrogen (secondary N) is 1. The molecule has 4 heterocycles. The molecule has 32 heavy (non-hydrogen) atoms. The van der Waals surface area contributed by atoms with Crippen molar-refractivity contribution in [3.63, 3.8) is 0 Å². The molecule has 2 N–H and O–H groups in total. The maximum absolute atomic E-state index is 14.7. The molecule has 1 aliphatic heterocycles. The third kappa shape index (κ3) is 3.32. The first-order chi connectivity index (χ1) is 15.6. The number of aromatic hydroxyl groups is 1. The van der Waals surface area contributed by atoms with Crippen molar-refractivity contribution in [3.8, 4) is 34.2 Å². The average Bonchev–Trinajstić information content (AvgIpc) is 3.19. The Balaban J connectivity index is 1.71. The Morgan fingerprint density at radius 1 is 1.16 bits per heavy atom. The van der Waals surface area contributed by atoms with Crippen molar-refractivity contribution in [1.29, 1.82) is 5.26 Å². The van der Waals surface area contributed by atoms with E-state index in [4.69, 9.17) is 0 Å². The van der Waals surface area contributed by atoms with Gasteiger partial charge in [-0.15, -0.1) is 0 Å². The van der Waals surface area contributed by atoms with E-state index in [0.717, 1.165) is 49.1 Å². The largest absolute Gasteiger partial charge is 0.508 e. The molecule has 1 saturated heterocycles. The summed E-state index contributed by atoms with van der Waals surface area (Å²) in [6.45, 7) is 3.83. The number of aromatic amines is 1. The number of benzene rings is 1. The summed E-state index contributed by atoms with van der Waals surface area (Å²) in [5.74, 6) is 0.0512. The van der Waals surface area contributed by atoms with E-state index < -0.39 is 5.82 Å². The molecule has 7 nitrogen and oxygen atoms in total. The van der Waals surface area contributed by atoms with Crippen LogP contribution in [0.1, 0.15) is 30.5 Å². The van der Waals surface area contributed by atoms with Gasteiger partial charge in [-0.05, 0) is 50.5 Å². The van der Waals surface area contributed by atoms with Crippen LogP contribution in [0.4, 0.5) is 10.2 Å². The van der Waals surface area contributed by atoms with Gasteiger partial charge in [-0.3, -0.25) is 5.10 Å². The van der Waals surface area contributed by atoms with E-state index in [1.54, 1.807) is 6.20 Å². The van der Waals surface area contributed by atoms with E-state index in [2.05, 4.69) is 31.1 Å². The summed E-state index contributed by atoms with van der Waals surface area (Å²) in [6.07, 6.45) is 5.31. The van der Waals surface area contributed by atoms with E-state index >= 15 is 0 Å². The summed E-state index contributed by atoms with van der Waals surface area (Å²) in [4.78, 5) is 11.4. The van der Waals surface area contributed by atoms with Crippen LogP contribution in [-0.2, 0) is 0 Å². The van der Waals surface area contributed by atoms with Gasteiger partial charge in [0.25, 0.3) is 0 Å². The number of nitrogens with zero attached hydrogens (tertiary/aromatic N) is 5. The van der Waals surface area contributed by atoms with Gasteiger partial charge in [-0.25, -0.2) is 14.4 Å². The molecule has 8 heteroatoms. The van der Waals surface area contributed by atoms with Gasteiger partial charge in [0.2, 0.25) is 0 Å². The van der Waals surface area contributed by atoms with Crippen LogP contribution in [0.3, 0.4) is 0 Å². The first-order valence-electron chi connectivity index (χ1n) is 10.6. The zero-order valence-electron chi connectivity index (χ0n) is 17.6. The number of aromatic nitrogens is 4. The first kappa shape index (κ1) is 19.9. The second-order valence-corrected chi connectivity index (χ2v) is 7.99. The van der Waals surface area contributed by atoms with Crippen LogP contribution in [0.5, 0.6) is 5.75 Å². The zero-order chi connectivity index (χ0) is 22.2. The quantitative estimate of drug-likeness (QED) is 0.490. The predicted molar refractivity (Wildman–Crippen MR) is 120 cm³/mol. The standard InChI is InChI=1S/C24H21FN6O/c1-14-21-22(15-5-8-20(27-13-15)31-9-3-2-4-10-31)18(12-26)23(28-24(21)30-29-14)17-7-6-16(32)11-19(17)25/h5-8,11,13,32H,2-4,9-10H2,1H3,(H,28,29,30). The molecular formula is C24H21FN6O. The number of piperidine rings is 1. The Kier molecular flexibility index (Phi) is 4.94. The van der Waals surface area contributed by atoms with Gasteiger partial charge in [0.05, 0.1) is 16.6 Å². The van der Waals surface area contributed by atoms with E-state index in [-0.39, 0.29) is 22.6 Å². The molecule has 0 saturated carbocycles. The summed E-state index contributed by atoms with van der Waals surface area (Å²) >= 11 is 0. The van der Waals surface area contributed by atoms with Crippen molar-refractivity contribution in [1.82, 2.24) is 20.2 Å². The Hall–Kier alpha value is -3.99. The topological polar surface area (TPSA) is 102 Å². The Morgan fingerprint density at radius 2 is 1.97 bits per heavy atom. The third-order valence-corrected chi connectivity index (χ3v) is 5.92. The molecule has 1 fully saturated rings. The summed E-state index contributed by atoms with van der Waals surface area (Å²) in [5, 5.41) is 27.6. The van der Waals surface area contributed by atoms with Crippen LogP contribution in [-0.4, -0.2) is 38.4 Å². The molecular weight excluding hydrogens is 407 g/mol. The number of H-pyrrole nitrogens is 1. The van der Waals surface area contributed by atoms with Crippen molar-refractivity contribution in [3.05, 3.63) is 53.6 Å². The van der Waals surface area contributed by atoms with Crippen LogP contribution in [0, 0.1) is 24.1 Å². The smallest absolute Gasteiger partial charge is 0.182 e. The van der Waals surface area contributed by atoms with Crippen molar-refractivity contribution < 1.29 is 9.50 Å². The number of hydrogen-bond donors (Lipinski definition) is 2. The molecule has 1 aromatic carbocycles. The van der Waals surface area contributed by atoms with Gasteiger partial charge in [-0.1, -0.05) is 0 Å². The van der Waals surface area contributed by atoms with Crippen LogP contribution < -0.4 is 4.90 Å². The Morgan fingerprint density at radius 3 is 2.66 bits per heavy atom. The lowest BCUT2D eigenvalue weighted by atomic mass is 9.94. The lowest BCUT2D eigenvalue weighted by molar-refractivity contribution is 0.469. The summed E-state index contributed by atoms with van der Waals surface area (Å²) in [6, 6.07) is 9.92. The van der Waals surface area contributed by atoms with Gasteiger partial charge >= 0.3 is 0 Å².